The molecule has 8 nitrogen and oxygen atoms in total. The van der Waals surface area contributed by atoms with E-state index < -0.39 is 5.97 Å². The number of hydrogen-bond acceptors (Lipinski definition) is 6. The second-order valence-corrected chi connectivity index (χ2v) is 10.0. The molecule has 184 valence electrons. The first-order chi connectivity index (χ1) is 16.8. The maximum atomic E-state index is 13.4. The van der Waals surface area contributed by atoms with Gasteiger partial charge in [-0.05, 0) is 69.2 Å². The zero-order chi connectivity index (χ0) is 24.7. The molecule has 1 atom stereocenters. The Morgan fingerprint density at radius 3 is 2.63 bits per heavy atom. The van der Waals surface area contributed by atoms with Crippen molar-refractivity contribution in [2.24, 2.45) is 5.41 Å². The average Bonchev–Trinajstić information content (AvgIpc) is 3.30. The first-order valence-electron chi connectivity index (χ1n) is 12.2. The van der Waals surface area contributed by atoms with Gasteiger partial charge in [0.15, 0.2) is 0 Å². The van der Waals surface area contributed by atoms with Crippen LogP contribution in [0.4, 0.5) is 11.5 Å². The fourth-order valence-electron chi connectivity index (χ4n) is 5.45. The van der Waals surface area contributed by atoms with Gasteiger partial charge in [0.25, 0.3) is 5.56 Å². The number of hydrogen-bond donors (Lipinski definition) is 2. The number of pyridine rings is 1. The highest BCUT2D eigenvalue weighted by atomic mass is 16.5. The van der Waals surface area contributed by atoms with Gasteiger partial charge in [0.05, 0.1) is 23.8 Å². The normalized spacial score (nSPS) is 18.2. The van der Waals surface area contributed by atoms with Gasteiger partial charge in [-0.2, -0.15) is 0 Å². The number of para-hydroxylation sites is 1. The number of aromatic carboxylic acids is 1. The molecule has 35 heavy (non-hydrogen) atoms. The lowest BCUT2D eigenvalue weighted by molar-refractivity contribution is 0.0698. The van der Waals surface area contributed by atoms with E-state index in [-0.39, 0.29) is 22.6 Å². The summed E-state index contributed by atoms with van der Waals surface area (Å²) in [6.45, 7) is 9.15. The molecule has 2 N–H and O–H groups in total. The molecule has 0 unspecified atom stereocenters. The summed E-state index contributed by atoms with van der Waals surface area (Å²) in [7, 11) is 0. The van der Waals surface area contributed by atoms with Crippen molar-refractivity contribution in [2.45, 2.75) is 46.1 Å². The first kappa shape index (κ1) is 23.4. The van der Waals surface area contributed by atoms with E-state index >= 15 is 0 Å². The van der Waals surface area contributed by atoms with Gasteiger partial charge in [-0.3, -0.25) is 9.20 Å². The van der Waals surface area contributed by atoms with Crippen LogP contribution in [-0.2, 0) is 4.74 Å². The highest BCUT2D eigenvalue weighted by Crippen LogP contribution is 2.40. The molecule has 1 aromatic carbocycles. The summed E-state index contributed by atoms with van der Waals surface area (Å²) in [4.78, 5) is 32.4. The summed E-state index contributed by atoms with van der Waals surface area (Å²) in [5, 5.41) is 12.9. The van der Waals surface area contributed by atoms with Gasteiger partial charge in [0.1, 0.15) is 11.5 Å². The molecular weight excluding hydrogens is 444 g/mol. The molecule has 8 heteroatoms. The third kappa shape index (κ3) is 4.27. The Hall–Kier alpha value is -3.39. The van der Waals surface area contributed by atoms with Crippen molar-refractivity contribution in [1.29, 1.82) is 0 Å². The summed E-state index contributed by atoms with van der Waals surface area (Å²) >= 11 is 0. The zero-order valence-corrected chi connectivity index (χ0v) is 20.5. The molecule has 2 saturated heterocycles. The number of fused-ring (bicyclic) bond motifs is 1. The maximum Gasteiger partial charge on any atom is 0.337 e. The Morgan fingerprint density at radius 1 is 1.20 bits per heavy atom. The molecule has 1 spiro atoms. The van der Waals surface area contributed by atoms with Gasteiger partial charge < -0.3 is 20.1 Å². The van der Waals surface area contributed by atoms with E-state index in [1.165, 1.54) is 0 Å². The van der Waals surface area contributed by atoms with Gasteiger partial charge in [0, 0.05) is 37.1 Å². The van der Waals surface area contributed by atoms with Crippen molar-refractivity contribution in [3.63, 3.8) is 0 Å². The van der Waals surface area contributed by atoms with E-state index in [9.17, 15) is 14.7 Å². The Kier molecular flexibility index (Phi) is 6.01. The second kappa shape index (κ2) is 9.00. The van der Waals surface area contributed by atoms with E-state index in [1.807, 2.05) is 33.0 Å². The topological polar surface area (TPSA) is 96.2 Å². The third-order valence-corrected chi connectivity index (χ3v) is 7.59. The highest BCUT2D eigenvalue weighted by Gasteiger charge is 2.38. The monoisotopic (exact) mass is 476 g/mol. The van der Waals surface area contributed by atoms with E-state index in [1.54, 1.807) is 28.7 Å². The minimum atomic E-state index is -0.989. The van der Waals surface area contributed by atoms with Crippen LogP contribution >= 0.6 is 0 Å². The molecule has 2 aromatic heterocycles. The average molecular weight is 477 g/mol. The van der Waals surface area contributed by atoms with Crippen LogP contribution in [0.15, 0.2) is 41.3 Å². The molecule has 2 aliphatic rings. The fourth-order valence-corrected chi connectivity index (χ4v) is 5.45. The Labute approximate surface area is 204 Å². The first-order valence-corrected chi connectivity index (χ1v) is 12.2. The molecule has 0 radical (unpaired) electrons. The van der Waals surface area contributed by atoms with Crippen molar-refractivity contribution >= 4 is 23.1 Å². The Morgan fingerprint density at radius 2 is 1.94 bits per heavy atom. The highest BCUT2D eigenvalue weighted by molar-refractivity contribution is 5.94. The van der Waals surface area contributed by atoms with Crippen LogP contribution in [0.1, 0.15) is 59.3 Å². The van der Waals surface area contributed by atoms with Gasteiger partial charge in [-0.15, -0.1) is 0 Å². The van der Waals surface area contributed by atoms with Gasteiger partial charge in [-0.1, -0.05) is 12.1 Å². The lowest BCUT2D eigenvalue weighted by atomic mass is 9.78. The molecule has 5 rings (SSSR count). The summed E-state index contributed by atoms with van der Waals surface area (Å²) in [5.41, 5.74) is 3.96. The molecule has 0 bridgehead atoms. The van der Waals surface area contributed by atoms with Crippen LogP contribution < -0.4 is 15.8 Å². The van der Waals surface area contributed by atoms with Crippen LogP contribution in [0, 0.1) is 19.3 Å². The van der Waals surface area contributed by atoms with Crippen molar-refractivity contribution in [3.05, 3.63) is 69.1 Å². The number of anilines is 2. The van der Waals surface area contributed by atoms with Gasteiger partial charge in [-0.25, -0.2) is 9.78 Å². The number of carbonyl (C=O) groups is 1. The molecule has 3 aromatic rings. The maximum absolute atomic E-state index is 13.4. The number of carboxylic acids is 1. The molecule has 2 fully saturated rings. The van der Waals surface area contributed by atoms with Crippen molar-refractivity contribution in [3.8, 4) is 0 Å². The smallest absolute Gasteiger partial charge is 0.337 e. The van der Waals surface area contributed by atoms with E-state index in [2.05, 4.69) is 10.2 Å². The largest absolute Gasteiger partial charge is 0.478 e. The zero-order valence-electron chi connectivity index (χ0n) is 20.5. The van der Waals surface area contributed by atoms with E-state index in [0.29, 0.717) is 16.9 Å². The van der Waals surface area contributed by atoms with E-state index in [0.717, 1.165) is 62.5 Å². The number of nitrogens with one attached hydrogen (secondary N) is 1. The number of carboxylic acid groups (broad SMARTS) is 1. The molecule has 2 aliphatic heterocycles. The number of aromatic nitrogens is 2. The van der Waals surface area contributed by atoms with Gasteiger partial charge in [0.2, 0.25) is 0 Å². The molecule has 0 saturated carbocycles. The summed E-state index contributed by atoms with van der Waals surface area (Å²) in [5.74, 6) is -0.246. The number of rotatable bonds is 5. The summed E-state index contributed by atoms with van der Waals surface area (Å²) in [6, 6.07) is 8.59. The predicted molar refractivity (Wildman–Crippen MR) is 136 cm³/mol. The SMILES string of the molecule is Cc1cc([C@@H](C)Nc2ccccc2C(=O)O)c2nc(N3CCC4(CCOC4)CC3)c(C)c(=O)n2c1. The number of benzene rings is 1. The minimum Gasteiger partial charge on any atom is -0.478 e. The van der Waals surface area contributed by atoms with Crippen molar-refractivity contribution < 1.29 is 14.6 Å². The molecular formula is C27H32N4O4. The van der Waals surface area contributed by atoms with Crippen LogP contribution in [0.25, 0.3) is 5.65 Å². The summed E-state index contributed by atoms with van der Waals surface area (Å²) in [6.07, 6.45) is 5.01. The number of aryl methyl sites for hydroxylation is 1. The standard InChI is InChI=1S/C27H32N4O4/c1-17-14-21(19(3)28-22-7-5-4-6-20(22)26(33)34)24-29-23(18(2)25(32)31(24)15-17)30-11-8-27(9-12-30)10-13-35-16-27/h4-7,14-15,19,28H,8-13,16H2,1-3H3,(H,33,34)/t19-/m1/s1. The van der Waals surface area contributed by atoms with Crippen LogP contribution in [0.5, 0.6) is 0 Å². The molecule has 4 heterocycles. The van der Waals surface area contributed by atoms with E-state index in [4.69, 9.17) is 9.72 Å². The number of piperidine rings is 1. The van der Waals surface area contributed by atoms with Crippen LogP contribution in [0.2, 0.25) is 0 Å². The predicted octanol–water partition coefficient (Wildman–Crippen LogP) is 4.19. The lowest BCUT2D eigenvalue weighted by Crippen LogP contribution is -2.42. The molecule has 0 amide bonds. The quantitative estimate of drug-likeness (QED) is 0.570. The second-order valence-electron chi connectivity index (χ2n) is 10.0. The number of ether oxygens (including phenoxy) is 1. The minimum absolute atomic E-state index is 0.0717. The third-order valence-electron chi connectivity index (χ3n) is 7.59. The lowest BCUT2D eigenvalue weighted by Gasteiger charge is -2.39. The summed E-state index contributed by atoms with van der Waals surface area (Å²) < 4.78 is 7.30. The fraction of sp³-hybridized carbons (Fsp3) is 0.444. The Balaban J connectivity index is 1.53. The number of nitrogens with zero attached hydrogens (tertiary/aromatic N) is 3. The van der Waals surface area contributed by atoms with Crippen LogP contribution in [-0.4, -0.2) is 46.8 Å². The van der Waals surface area contributed by atoms with Crippen molar-refractivity contribution in [1.82, 2.24) is 9.38 Å². The van der Waals surface area contributed by atoms with Crippen molar-refractivity contribution in [2.75, 3.05) is 36.5 Å². The molecule has 0 aliphatic carbocycles. The van der Waals surface area contributed by atoms with Gasteiger partial charge >= 0.3 is 5.97 Å². The van der Waals surface area contributed by atoms with Crippen LogP contribution in [0.3, 0.4) is 0 Å². The Bertz CT molecular complexity index is 1330.